The molecule has 0 aliphatic carbocycles. The van der Waals surface area contributed by atoms with E-state index < -0.39 is 0 Å². The molecule has 1 aromatic heterocycles. The summed E-state index contributed by atoms with van der Waals surface area (Å²) in [5.74, 6) is 0.574. The fourth-order valence-electron chi connectivity index (χ4n) is 2.31. The van der Waals surface area contributed by atoms with Crippen molar-refractivity contribution in [2.24, 2.45) is 5.92 Å². The Bertz CT molecular complexity index is 349. The Kier molecular flexibility index (Phi) is 3.24. The quantitative estimate of drug-likeness (QED) is 0.765. The van der Waals surface area contributed by atoms with E-state index in [4.69, 9.17) is 0 Å². The lowest BCUT2D eigenvalue weighted by Gasteiger charge is -2.36. The maximum Gasteiger partial charge on any atom is 0.257 e. The minimum Gasteiger partial charge on any atom is -0.338 e. The lowest BCUT2D eigenvalue weighted by Crippen LogP contribution is -2.49. The van der Waals surface area contributed by atoms with Gasteiger partial charge in [-0.2, -0.15) is 5.10 Å². The average Bonchev–Trinajstić information content (AvgIpc) is 2.81. The van der Waals surface area contributed by atoms with E-state index >= 15 is 0 Å². The van der Waals surface area contributed by atoms with Gasteiger partial charge < -0.3 is 10.2 Å². The molecular formula is C11H18N4O. The molecule has 2 atom stereocenters. The summed E-state index contributed by atoms with van der Waals surface area (Å²) < 4.78 is 0. The van der Waals surface area contributed by atoms with Gasteiger partial charge in [0.2, 0.25) is 0 Å². The zero-order valence-electron chi connectivity index (χ0n) is 9.73. The number of aromatic amines is 1. The van der Waals surface area contributed by atoms with E-state index in [0.29, 0.717) is 17.5 Å². The van der Waals surface area contributed by atoms with Crippen LogP contribution in [0, 0.1) is 5.92 Å². The smallest absolute Gasteiger partial charge is 0.257 e. The fourth-order valence-corrected chi connectivity index (χ4v) is 2.31. The van der Waals surface area contributed by atoms with E-state index in [1.807, 2.05) is 11.9 Å². The molecule has 0 radical (unpaired) electrons. The van der Waals surface area contributed by atoms with Crippen molar-refractivity contribution in [2.45, 2.75) is 19.4 Å². The first-order chi connectivity index (χ1) is 7.72. The third kappa shape index (κ3) is 2.09. The highest BCUT2D eigenvalue weighted by Gasteiger charge is 2.28. The molecule has 1 aromatic rings. The Morgan fingerprint density at radius 3 is 3.06 bits per heavy atom. The largest absolute Gasteiger partial charge is 0.338 e. The van der Waals surface area contributed by atoms with Gasteiger partial charge in [0.15, 0.2) is 0 Å². The lowest BCUT2D eigenvalue weighted by molar-refractivity contribution is 0.0649. The number of rotatable bonds is 2. The number of carbonyl (C=O) groups excluding carboxylic acids is 1. The van der Waals surface area contributed by atoms with E-state index in [2.05, 4.69) is 22.4 Å². The number of hydrogen-bond acceptors (Lipinski definition) is 3. The molecule has 5 heteroatoms. The summed E-state index contributed by atoms with van der Waals surface area (Å²) in [6.07, 6.45) is 4.25. The van der Waals surface area contributed by atoms with Gasteiger partial charge in [-0.15, -0.1) is 0 Å². The van der Waals surface area contributed by atoms with Gasteiger partial charge in [-0.1, -0.05) is 6.92 Å². The first-order valence-electron chi connectivity index (χ1n) is 5.67. The molecule has 2 unspecified atom stereocenters. The van der Waals surface area contributed by atoms with Crippen molar-refractivity contribution >= 4 is 5.91 Å². The number of piperidine rings is 1. The van der Waals surface area contributed by atoms with Gasteiger partial charge in [0.05, 0.1) is 11.8 Å². The summed E-state index contributed by atoms with van der Waals surface area (Å²) in [5.41, 5.74) is 0.648. The fraction of sp³-hybridized carbons (Fsp3) is 0.636. The Balaban J connectivity index is 2.00. The zero-order chi connectivity index (χ0) is 11.5. The Morgan fingerprint density at radius 2 is 2.50 bits per heavy atom. The highest BCUT2D eigenvalue weighted by Crippen LogP contribution is 2.18. The predicted molar refractivity (Wildman–Crippen MR) is 61.1 cm³/mol. The third-order valence-electron chi connectivity index (χ3n) is 3.31. The summed E-state index contributed by atoms with van der Waals surface area (Å²) in [6.45, 7) is 3.81. The van der Waals surface area contributed by atoms with Gasteiger partial charge in [0, 0.05) is 25.3 Å². The number of nitrogens with one attached hydrogen (secondary N) is 2. The number of hydrogen-bond donors (Lipinski definition) is 2. The highest BCUT2D eigenvalue weighted by molar-refractivity contribution is 5.93. The van der Waals surface area contributed by atoms with Crippen LogP contribution in [-0.4, -0.2) is 47.2 Å². The van der Waals surface area contributed by atoms with Gasteiger partial charge in [-0.3, -0.25) is 9.89 Å². The second-order valence-corrected chi connectivity index (χ2v) is 4.40. The van der Waals surface area contributed by atoms with Crippen molar-refractivity contribution in [1.29, 1.82) is 0 Å². The minimum absolute atomic E-state index is 0.0788. The standard InChI is InChI=1S/C11H18N4O/c1-8-7-15(4-3-10(8)12-2)11(16)9-5-13-14-6-9/h5-6,8,10,12H,3-4,7H2,1-2H3,(H,13,14). The van der Waals surface area contributed by atoms with Crippen LogP contribution in [0.5, 0.6) is 0 Å². The van der Waals surface area contributed by atoms with Crippen LogP contribution in [0.2, 0.25) is 0 Å². The van der Waals surface area contributed by atoms with Crippen molar-refractivity contribution in [3.63, 3.8) is 0 Å². The molecule has 1 fully saturated rings. The Hall–Kier alpha value is -1.36. The van der Waals surface area contributed by atoms with Crippen molar-refractivity contribution < 1.29 is 4.79 Å². The number of aromatic nitrogens is 2. The molecule has 0 spiro atoms. The summed E-state index contributed by atoms with van der Waals surface area (Å²) in [7, 11) is 1.98. The van der Waals surface area contributed by atoms with Gasteiger partial charge in [-0.25, -0.2) is 0 Å². The van der Waals surface area contributed by atoms with Gasteiger partial charge in [0.1, 0.15) is 0 Å². The van der Waals surface area contributed by atoms with Crippen LogP contribution in [0.25, 0.3) is 0 Å². The lowest BCUT2D eigenvalue weighted by atomic mass is 9.94. The summed E-state index contributed by atoms with van der Waals surface area (Å²) >= 11 is 0. The molecule has 2 rings (SSSR count). The summed E-state index contributed by atoms with van der Waals surface area (Å²) in [6, 6.07) is 0.522. The molecule has 0 bridgehead atoms. The Labute approximate surface area is 95.2 Å². The van der Waals surface area contributed by atoms with Crippen LogP contribution in [0.1, 0.15) is 23.7 Å². The van der Waals surface area contributed by atoms with Crippen LogP contribution in [0.15, 0.2) is 12.4 Å². The normalized spacial score (nSPS) is 25.8. The number of amides is 1. The van der Waals surface area contributed by atoms with E-state index in [0.717, 1.165) is 19.5 Å². The number of likely N-dealkylation sites (tertiary alicyclic amines) is 1. The summed E-state index contributed by atoms with van der Waals surface area (Å²) in [5, 5.41) is 9.77. The third-order valence-corrected chi connectivity index (χ3v) is 3.31. The second-order valence-electron chi connectivity index (χ2n) is 4.40. The molecule has 5 nitrogen and oxygen atoms in total. The van der Waals surface area contributed by atoms with Crippen LogP contribution >= 0.6 is 0 Å². The average molecular weight is 222 g/mol. The number of carbonyl (C=O) groups is 1. The molecule has 1 saturated heterocycles. The molecule has 88 valence electrons. The van der Waals surface area contributed by atoms with E-state index in [1.165, 1.54) is 0 Å². The molecule has 2 heterocycles. The SMILES string of the molecule is CNC1CCN(C(=O)c2cn[nH]c2)CC1C. The predicted octanol–water partition coefficient (Wildman–Crippen LogP) is 0.480. The van der Waals surface area contributed by atoms with Gasteiger partial charge in [-0.05, 0) is 19.4 Å². The van der Waals surface area contributed by atoms with E-state index in [-0.39, 0.29) is 5.91 Å². The summed E-state index contributed by atoms with van der Waals surface area (Å²) in [4.78, 5) is 14.0. The van der Waals surface area contributed by atoms with Crippen LogP contribution < -0.4 is 5.32 Å². The zero-order valence-corrected chi connectivity index (χ0v) is 9.73. The molecule has 1 aliphatic rings. The highest BCUT2D eigenvalue weighted by atomic mass is 16.2. The van der Waals surface area contributed by atoms with Crippen molar-refractivity contribution in [2.75, 3.05) is 20.1 Å². The maximum atomic E-state index is 12.0. The molecule has 0 saturated carbocycles. The van der Waals surface area contributed by atoms with E-state index in [1.54, 1.807) is 12.4 Å². The molecule has 1 amide bonds. The van der Waals surface area contributed by atoms with Crippen LogP contribution in [-0.2, 0) is 0 Å². The molecule has 16 heavy (non-hydrogen) atoms. The van der Waals surface area contributed by atoms with Crippen LogP contribution in [0.3, 0.4) is 0 Å². The minimum atomic E-state index is 0.0788. The molecular weight excluding hydrogens is 204 g/mol. The van der Waals surface area contributed by atoms with E-state index in [9.17, 15) is 4.79 Å². The second kappa shape index (κ2) is 4.65. The number of H-pyrrole nitrogens is 1. The van der Waals surface area contributed by atoms with Gasteiger partial charge >= 0.3 is 0 Å². The Morgan fingerprint density at radius 1 is 1.69 bits per heavy atom. The topological polar surface area (TPSA) is 61.0 Å². The van der Waals surface area contributed by atoms with Crippen LogP contribution in [0.4, 0.5) is 0 Å². The van der Waals surface area contributed by atoms with Crippen molar-refractivity contribution in [3.8, 4) is 0 Å². The molecule has 2 N–H and O–H groups in total. The van der Waals surface area contributed by atoms with Crippen molar-refractivity contribution in [1.82, 2.24) is 20.4 Å². The maximum absolute atomic E-state index is 12.0. The monoisotopic (exact) mass is 222 g/mol. The first kappa shape index (κ1) is 11.1. The number of nitrogens with zero attached hydrogens (tertiary/aromatic N) is 2. The van der Waals surface area contributed by atoms with Gasteiger partial charge in [0.25, 0.3) is 5.91 Å². The first-order valence-corrected chi connectivity index (χ1v) is 5.67. The van der Waals surface area contributed by atoms with Crippen molar-refractivity contribution in [3.05, 3.63) is 18.0 Å². The molecule has 1 aliphatic heterocycles. The molecule has 0 aromatic carbocycles.